The summed E-state index contributed by atoms with van der Waals surface area (Å²) in [6.07, 6.45) is 1.48. The lowest BCUT2D eigenvalue weighted by atomic mass is 9.95. The van der Waals surface area contributed by atoms with Crippen LogP contribution in [0.1, 0.15) is 26.8 Å². The molecule has 134 valence electrons. The van der Waals surface area contributed by atoms with Crippen LogP contribution in [-0.2, 0) is 0 Å². The normalized spacial score (nSPS) is 19.7. The number of nitrogens with zero attached hydrogens (tertiary/aromatic N) is 2. The Morgan fingerprint density at radius 1 is 1.35 bits per heavy atom. The number of aryl methyl sites for hydroxylation is 1. The van der Waals surface area contributed by atoms with E-state index in [0.29, 0.717) is 33.6 Å². The Balaban J connectivity index is 1.57. The van der Waals surface area contributed by atoms with E-state index in [0.717, 1.165) is 11.9 Å². The van der Waals surface area contributed by atoms with E-state index in [1.54, 1.807) is 0 Å². The monoisotopic (exact) mass is 369 g/mol. The van der Waals surface area contributed by atoms with E-state index in [1.807, 2.05) is 25.1 Å². The largest absolute Gasteiger partial charge is 0.477 e. The van der Waals surface area contributed by atoms with E-state index < -0.39 is 5.97 Å². The minimum Gasteiger partial charge on any atom is -0.477 e. The molecule has 2 atom stereocenters. The van der Waals surface area contributed by atoms with Gasteiger partial charge in [0.15, 0.2) is 0 Å². The highest BCUT2D eigenvalue weighted by Gasteiger charge is 2.28. The number of hydrogen-bond donors (Lipinski definition) is 4. The molecule has 1 aliphatic heterocycles. The lowest BCUT2D eigenvalue weighted by Gasteiger charge is -2.19. The molecular weight excluding hydrogens is 350 g/mol. The molecular formula is C18H19N5O2S. The minimum atomic E-state index is -0.926. The maximum atomic E-state index is 11.4. The molecule has 26 heavy (non-hydrogen) atoms. The second-order valence-electron chi connectivity index (χ2n) is 6.32. The zero-order valence-corrected chi connectivity index (χ0v) is 15.0. The molecule has 1 aliphatic rings. The van der Waals surface area contributed by atoms with Crippen molar-refractivity contribution in [3.8, 4) is 0 Å². The molecule has 4 N–H and O–H groups in total. The second-order valence-corrected chi connectivity index (χ2v) is 7.32. The summed E-state index contributed by atoms with van der Waals surface area (Å²) in [5.74, 6) is 0.0973. The first-order valence-corrected chi connectivity index (χ1v) is 9.21. The Kier molecular flexibility index (Phi) is 4.54. The van der Waals surface area contributed by atoms with Crippen molar-refractivity contribution in [3.05, 3.63) is 52.7 Å². The third-order valence-corrected chi connectivity index (χ3v) is 5.89. The first-order valence-electron chi connectivity index (χ1n) is 8.39. The van der Waals surface area contributed by atoms with Crippen LogP contribution < -0.4 is 16.2 Å². The van der Waals surface area contributed by atoms with Crippen molar-refractivity contribution in [2.75, 3.05) is 18.4 Å². The molecule has 1 saturated heterocycles. The smallest absolute Gasteiger partial charge is 0.346 e. The van der Waals surface area contributed by atoms with Crippen LogP contribution in [0.25, 0.3) is 10.2 Å². The van der Waals surface area contributed by atoms with Gasteiger partial charge in [0, 0.05) is 19.0 Å². The number of nitrogens with one attached hydrogen (secondary N) is 3. The molecule has 0 spiro atoms. The van der Waals surface area contributed by atoms with Gasteiger partial charge in [-0.25, -0.2) is 20.2 Å². The van der Waals surface area contributed by atoms with Crippen molar-refractivity contribution < 1.29 is 9.90 Å². The molecule has 1 aromatic carbocycles. The summed E-state index contributed by atoms with van der Waals surface area (Å²) >= 11 is 1.19. The summed E-state index contributed by atoms with van der Waals surface area (Å²) < 4.78 is 0. The fourth-order valence-corrected chi connectivity index (χ4v) is 4.37. The lowest BCUT2D eigenvalue weighted by Crippen LogP contribution is -2.26. The molecule has 0 amide bonds. The van der Waals surface area contributed by atoms with Crippen LogP contribution in [0.2, 0.25) is 0 Å². The zero-order valence-electron chi connectivity index (χ0n) is 14.2. The number of fused-ring (bicyclic) bond motifs is 1. The Labute approximate surface area is 154 Å². The number of aromatic nitrogens is 2. The number of carboxylic acids is 1. The number of hydrazine groups is 1. The molecule has 3 heterocycles. The first-order chi connectivity index (χ1) is 12.6. The molecule has 3 aromatic rings. The Hall–Kier alpha value is -2.55. The molecule has 0 saturated carbocycles. The molecule has 0 radical (unpaired) electrons. The van der Waals surface area contributed by atoms with Gasteiger partial charge in [0.1, 0.15) is 21.9 Å². The number of benzene rings is 1. The number of carboxylic acid groups (broad SMARTS) is 1. The molecule has 8 heteroatoms. The summed E-state index contributed by atoms with van der Waals surface area (Å²) in [6, 6.07) is 10.5. The van der Waals surface area contributed by atoms with E-state index >= 15 is 0 Å². The van der Waals surface area contributed by atoms with Gasteiger partial charge < -0.3 is 10.4 Å². The summed E-state index contributed by atoms with van der Waals surface area (Å²) in [7, 11) is 0. The van der Waals surface area contributed by atoms with Crippen molar-refractivity contribution in [1.29, 1.82) is 0 Å². The van der Waals surface area contributed by atoms with Gasteiger partial charge in [-0.3, -0.25) is 5.43 Å². The molecule has 0 bridgehead atoms. The van der Waals surface area contributed by atoms with E-state index in [2.05, 4.69) is 38.3 Å². The van der Waals surface area contributed by atoms with Crippen molar-refractivity contribution in [2.45, 2.75) is 13.0 Å². The van der Waals surface area contributed by atoms with Crippen LogP contribution >= 0.6 is 11.3 Å². The number of hydrogen-bond acceptors (Lipinski definition) is 7. The first kappa shape index (κ1) is 16.9. The average molecular weight is 369 g/mol. The number of carbonyl (C=O) groups is 1. The SMILES string of the molecule is Cc1c(C(=O)O)sc2ncnc(NCC3CNNC3c3ccccc3)c12. The highest BCUT2D eigenvalue weighted by molar-refractivity contribution is 7.20. The van der Waals surface area contributed by atoms with Crippen molar-refractivity contribution in [3.63, 3.8) is 0 Å². The van der Waals surface area contributed by atoms with Gasteiger partial charge in [0.05, 0.1) is 11.4 Å². The van der Waals surface area contributed by atoms with Crippen LogP contribution in [0.5, 0.6) is 0 Å². The van der Waals surface area contributed by atoms with Crippen LogP contribution in [-0.4, -0.2) is 34.1 Å². The van der Waals surface area contributed by atoms with Crippen molar-refractivity contribution in [1.82, 2.24) is 20.8 Å². The van der Waals surface area contributed by atoms with E-state index in [1.165, 1.54) is 23.2 Å². The van der Waals surface area contributed by atoms with Gasteiger partial charge in [0.25, 0.3) is 0 Å². The Bertz CT molecular complexity index is 943. The van der Waals surface area contributed by atoms with Gasteiger partial charge in [-0.05, 0) is 18.1 Å². The van der Waals surface area contributed by atoms with Crippen LogP contribution in [0.15, 0.2) is 36.7 Å². The van der Waals surface area contributed by atoms with Gasteiger partial charge in [-0.1, -0.05) is 30.3 Å². The number of anilines is 1. The highest BCUT2D eigenvalue weighted by atomic mass is 32.1. The molecule has 7 nitrogen and oxygen atoms in total. The predicted molar refractivity (Wildman–Crippen MR) is 101 cm³/mol. The summed E-state index contributed by atoms with van der Waals surface area (Å²) in [5, 5.41) is 13.5. The van der Waals surface area contributed by atoms with E-state index in [9.17, 15) is 9.90 Å². The van der Waals surface area contributed by atoms with Crippen LogP contribution in [0.3, 0.4) is 0 Å². The molecule has 2 aromatic heterocycles. The quantitative estimate of drug-likeness (QED) is 0.548. The summed E-state index contributed by atoms with van der Waals surface area (Å²) in [5.41, 5.74) is 8.50. The zero-order chi connectivity index (χ0) is 18.1. The molecule has 4 rings (SSSR count). The average Bonchev–Trinajstić information content (AvgIpc) is 3.26. The Morgan fingerprint density at radius 2 is 2.15 bits per heavy atom. The standard InChI is InChI=1S/C18H19N5O2S/c1-10-13-16(20-9-21-17(13)26-15(10)18(24)25)19-7-12-8-22-23-14(12)11-5-3-2-4-6-11/h2-6,9,12,14,22-23H,7-8H2,1H3,(H,24,25)(H,19,20,21). The Morgan fingerprint density at radius 3 is 2.92 bits per heavy atom. The maximum Gasteiger partial charge on any atom is 0.346 e. The third kappa shape index (κ3) is 3.03. The number of thiophene rings is 1. The van der Waals surface area contributed by atoms with Gasteiger partial charge in [-0.15, -0.1) is 11.3 Å². The minimum absolute atomic E-state index is 0.208. The van der Waals surface area contributed by atoms with E-state index in [-0.39, 0.29) is 6.04 Å². The van der Waals surface area contributed by atoms with Gasteiger partial charge in [-0.2, -0.15) is 0 Å². The fourth-order valence-electron chi connectivity index (χ4n) is 3.38. The van der Waals surface area contributed by atoms with Crippen LogP contribution in [0.4, 0.5) is 5.82 Å². The summed E-state index contributed by atoms with van der Waals surface area (Å²) in [4.78, 5) is 21.0. The van der Waals surface area contributed by atoms with Crippen LogP contribution in [0, 0.1) is 12.8 Å². The number of rotatable bonds is 5. The van der Waals surface area contributed by atoms with Crippen molar-refractivity contribution >= 4 is 33.3 Å². The van der Waals surface area contributed by atoms with Crippen molar-refractivity contribution in [2.24, 2.45) is 5.92 Å². The second kappa shape index (κ2) is 6.99. The topological polar surface area (TPSA) is 99.2 Å². The predicted octanol–water partition coefficient (Wildman–Crippen LogP) is 2.58. The molecule has 2 unspecified atom stereocenters. The third-order valence-electron chi connectivity index (χ3n) is 4.70. The molecule has 1 fully saturated rings. The van der Waals surface area contributed by atoms with Gasteiger partial charge in [0.2, 0.25) is 0 Å². The van der Waals surface area contributed by atoms with E-state index in [4.69, 9.17) is 0 Å². The fraction of sp³-hybridized carbons (Fsp3) is 0.278. The maximum absolute atomic E-state index is 11.4. The van der Waals surface area contributed by atoms with Gasteiger partial charge >= 0.3 is 5.97 Å². The summed E-state index contributed by atoms with van der Waals surface area (Å²) in [6.45, 7) is 3.36. The molecule has 0 aliphatic carbocycles. The lowest BCUT2D eigenvalue weighted by molar-refractivity contribution is 0.0701. The highest BCUT2D eigenvalue weighted by Crippen LogP contribution is 2.33. The number of aromatic carboxylic acids is 1.